The van der Waals surface area contributed by atoms with Gasteiger partial charge in [-0.25, -0.2) is 4.79 Å². The molecule has 98 valence electrons. The molecule has 0 aliphatic carbocycles. The van der Waals surface area contributed by atoms with Crippen molar-refractivity contribution in [1.82, 2.24) is 10.2 Å². The summed E-state index contributed by atoms with van der Waals surface area (Å²) >= 11 is 0. The smallest absolute Gasteiger partial charge is 0.317 e. The zero-order valence-electron chi connectivity index (χ0n) is 10.7. The molecule has 0 spiro atoms. The normalized spacial score (nSPS) is 16.3. The predicted octanol–water partition coefficient (Wildman–Crippen LogP) is 1.12. The molecule has 0 aromatic heterocycles. The third-order valence-corrected chi connectivity index (χ3v) is 3.26. The minimum absolute atomic E-state index is 0.00848. The first kappa shape index (κ1) is 12.5. The van der Waals surface area contributed by atoms with Crippen LogP contribution >= 0.6 is 0 Å². The highest BCUT2D eigenvalue weighted by Gasteiger charge is 2.18. The second-order valence-electron chi connectivity index (χ2n) is 4.47. The molecule has 0 unspecified atom stereocenters. The number of amides is 2. The summed E-state index contributed by atoms with van der Waals surface area (Å²) in [6.45, 7) is 3.39. The van der Waals surface area contributed by atoms with Crippen LogP contribution in [0.5, 0.6) is 0 Å². The van der Waals surface area contributed by atoms with Crippen molar-refractivity contribution in [2.45, 2.75) is 6.42 Å². The predicted molar refractivity (Wildman–Crippen MR) is 73.7 cm³/mol. The van der Waals surface area contributed by atoms with E-state index in [0.29, 0.717) is 0 Å². The van der Waals surface area contributed by atoms with Crippen LogP contribution < -0.4 is 16.0 Å². The number of nitrogens with zero attached hydrogens (tertiary/aromatic N) is 2. The Bertz CT molecular complexity index is 404. The number of anilines is 2. The Balaban J connectivity index is 2.00. The molecule has 3 N–H and O–H groups in total. The Hall–Kier alpha value is -1.91. The van der Waals surface area contributed by atoms with Crippen LogP contribution in [-0.2, 0) is 0 Å². The minimum Gasteiger partial charge on any atom is -0.399 e. The van der Waals surface area contributed by atoms with E-state index in [0.717, 1.165) is 38.3 Å². The largest absolute Gasteiger partial charge is 0.399 e. The molecule has 0 saturated carbocycles. The number of nitrogens with one attached hydrogen (secondary N) is 1. The van der Waals surface area contributed by atoms with Gasteiger partial charge in [-0.3, -0.25) is 0 Å². The Morgan fingerprint density at radius 2 is 1.89 bits per heavy atom. The summed E-state index contributed by atoms with van der Waals surface area (Å²) in [6.07, 6.45) is 0.984. The Morgan fingerprint density at radius 1 is 1.17 bits per heavy atom. The van der Waals surface area contributed by atoms with Crippen molar-refractivity contribution >= 4 is 17.4 Å². The van der Waals surface area contributed by atoms with Gasteiger partial charge in [0.05, 0.1) is 0 Å². The maximum Gasteiger partial charge on any atom is 0.317 e. The molecule has 1 aliphatic rings. The lowest BCUT2D eigenvalue weighted by atomic mass is 10.2. The fraction of sp³-hybridized carbons (Fsp3) is 0.462. The maximum absolute atomic E-state index is 11.6. The molecule has 2 rings (SSSR count). The summed E-state index contributed by atoms with van der Waals surface area (Å²) in [5.74, 6) is 0. The van der Waals surface area contributed by atoms with Crippen molar-refractivity contribution in [2.75, 3.05) is 43.9 Å². The number of hydrogen-bond donors (Lipinski definition) is 2. The molecule has 0 atom stereocenters. The van der Waals surface area contributed by atoms with E-state index in [9.17, 15) is 4.79 Å². The third-order valence-electron chi connectivity index (χ3n) is 3.26. The highest BCUT2D eigenvalue weighted by atomic mass is 16.2. The van der Waals surface area contributed by atoms with Crippen LogP contribution in [0.1, 0.15) is 6.42 Å². The van der Waals surface area contributed by atoms with Crippen molar-refractivity contribution in [2.24, 2.45) is 0 Å². The summed E-state index contributed by atoms with van der Waals surface area (Å²) in [4.78, 5) is 15.7. The van der Waals surface area contributed by atoms with E-state index in [1.807, 2.05) is 29.2 Å². The fourth-order valence-corrected chi connectivity index (χ4v) is 2.22. The van der Waals surface area contributed by atoms with Gasteiger partial charge < -0.3 is 20.9 Å². The molecule has 18 heavy (non-hydrogen) atoms. The maximum atomic E-state index is 11.6. The summed E-state index contributed by atoms with van der Waals surface area (Å²) < 4.78 is 0. The summed E-state index contributed by atoms with van der Waals surface area (Å²) in [7, 11) is 1.67. The van der Waals surface area contributed by atoms with Gasteiger partial charge in [0, 0.05) is 44.6 Å². The van der Waals surface area contributed by atoms with E-state index in [-0.39, 0.29) is 6.03 Å². The van der Waals surface area contributed by atoms with E-state index in [4.69, 9.17) is 5.73 Å². The van der Waals surface area contributed by atoms with Crippen LogP contribution in [0, 0.1) is 0 Å². The van der Waals surface area contributed by atoms with Gasteiger partial charge in [-0.2, -0.15) is 0 Å². The molecule has 1 aromatic carbocycles. The Labute approximate surface area is 108 Å². The lowest BCUT2D eigenvalue weighted by molar-refractivity contribution is 0.204. The van der Waals surface area contributed by atoms with Crippen molar-refractivity contribution < 1.29 is 4.79 Å². The van der Waals surface area contributed by atoms with Crippen LogP contribution in [0.2, 0.25) is 0 Å². The molecular formula is C13H20N4O. The number of benzene rings is 1. The number of hydrogen-bond acceptors (Lipinski definition) is 3. The van der Waals surface area contributed by atoms with Gasteiger partial charge in [0.2, 0.25) is 0 Å². The monoisotopic (exact) mass is 248 g/mol. The zero-order valence-corrected chi connectivity index (χ0v) is 10.7. The van der Waals surface area contributed by atoms with Gasteiger partial charge in [-0.05, 0) is 30.7 Å². The van der Waals surface area contributed by atoms with E-state index in [1.165, 1.54) is 5.69 Å². The number of nitrogens with two attached hydrogens (primary N) is 1. The van der Waals surface area contributed by atoms with Crippen molar-refractivity contribution in [1.29, 1.82) is 0 Å². The average Bonchev–Trinajstić information content (AvgIpc) is 2.64. The van der Waals surface area contributed by atoms with E-state index in [2.05, 4.69) is 10.2 Å². The highest BCUT2D eigenvalue weighted by Crippen LogP contribution is 2.18. The number of urea groups is 1. The van der Waals surface area contributed by atoms with Gasteiger partial charge in [0.1, 0.15) is 0 Å². The van der Waals surface area contributed by atoms with Gasteiger partial charge in [-0.1, -0.05) is 0 Å². The molecule has 1 heterocycles. The first-order chi connectivity index (χ1) is 8.70. The van der Waals surface area contributed by atoms with Crippen LogP contribution in [0.4, 0.5) is 16.2 Å². The summed E-state index contributed by atoms with van der Waals surface area (Å²) in [6, 6.07) is 7.90. The summed E-state index contributed by atoms with van der Waals surface area (Å²) in [5.41, 5.74) is 7.63. The van der Waals surface area contributed by atoms with Crippen molar-refractivity contribution in [3.05, 3.63) is 24.3 Å². The molecule has 1 saturated heterocycles. The molecule has 1 fully saturated rings. The Morgan fingerprint density at radius 3 is 2.56 bits per heavy atom. The topological polar surface area (TPSA) is 61.6 Å². The minimum atomic E-state index is 0.00848. The van der Waals surface area contributed by atoms with Crippen LogP contribution in [0.3, 0.4) is 0 Å². The van der Waals surface area contributed by atoms with Crippen molar-refractivity contribution in [3.8, 4) is 0 Å². The number of nitrogen functional groups attached to an aromatic ring is 1. The molecule has 0 bridgehead atoms. The van der Waals surface area contributed by atoms with E-state index < -0.39 is 0 Å². The van der Waals surface area contributed by atoms with Gasteiger partial charge in [0.25, 0.3) is 0 Å². The standard InChI is InChI=1S/C13H20N4O/c1-15-13(18)17-8-2-7-16(9-10-17)12-5-3-11(14)4-6-12/h3-6H,2,7-10,14H2,1H3,(H,15,18). The molecule has 5 nitrogen and oxygen atoms in total. The SMILES string of the molecule is CNC(=O)N1CCCN(c2ccc(N)cc2)CC1. The lowest BCUT2D eigenvalue weighted by Crippen LogP contribution is -2.40. The lowest BCUT2D eigenvalue weighted by Gasteiger charge is -2.23. The first-order valence-corrected chi connectivity index (χ1v) is 6.28. The van der Waals surface area contributed by atoms with Gasteiger partial charge >= 0.3 is 6.03 Å². The average molecular weight is 248 g/mol. The van der Waals surface area contributed by atoms with Crippen molar-refractivity contribution in [3.63, 3.8) is 0 Å². The van der Waals surface area contributed by atoms with Crippen LogP contribution in [0.15, 0.2) is 24.3 Å². The second kappa shape index (κ2) is 5.62. The van der Waals surface area contributed by atoms with E-state index >= 15 is 0 Å². The second-order valence-corrected chi connectivity index (χ2v) is 4.47. The number of carbonyl (C=O) groups excluding carboxylic acids is 1. The zero-order chi connectivity index (χ0) is 13.0. The first-order valence-electron chi connectivity index (χ1n) is 6.28. The van der Waals surface area contributed by atoms with E-state index in [1.54, 1.807) is 7.05 Å². The molecule has 2 amide bonds. The molecular weight excluding hydrogens is 228 g/mol. The molecule has 1 aromatic rings. The summed E-state index contributed by atoms with van der Waals surface area (Å²) in [5, 5.41) is 2.68. The van der Waals surface area contributed by atoms with Gasteiger partial charge in [0.15, 0.2) is 0 Å². The quantitative estimate of drug-likeness (QED) is 0.732. The molecule has 0 radical (unpaired) electrons. The van der Waals surface area contributed by atoms with Crippen LogP contribution in [-0.4, -0.2) is 44.2 Å². The third kappa shape index (κ3) is 2.85. The Kier molecular flexibility index (Phi) is 3.92. The molecule has 1 aliphatic heterocycles. The number of rotatable bonds is 1. The highest BCUT2D eigenvalue weighted by molar-refractivity contribution is 5.73. The number of carbonyl (C=O) groups is 1. The van der Waals surface area contributed by atoms with Crippen LogP contribution in [0.25, 0.3) is 0 Å². The van der Waals surface area contributed by atoms with Gasteiger partial charge in [-0.15, -0.1) is 0 Å². The fourth-order valence-electron chi connectivity index (χ4n) is 2.22. The molecule has 5 heteroatoms.